The van der Waals surface area contributed by atoms with Crippen molar-refractivity contribution in [3.63, 3.8) is 0 Å². The SMILES string of the molecule is CCOc1ccccc1/C=C(\NC(=O)c1ccccc1)C(=O)Nc1ccc(SC(C)C(=O)NC2=NN(c3ccccc3)C(=O)C2)cc1. The topological polar surface area (TPSA) is 129 Å². The molecular weight excluding hydrogens is 614 g/mol. The highest BCUT2D eigenvalue weighted by Crippen LogP contribution is 2.26. The minimum absolute atomic E-state index is 0.00582. The van der Waals surface area contributed by atoms with Gasteiger partial charge in [-0.15, -0.1) is 11.8 Å². The van der Waals surface area contributed by atoms with Crippen molar-refractivity contribution in [3.8, 4) is 5.75 Å². The first-order chi connectivity index (χ1) is 22.8. The number of hydrazone groups is 1. The first-order valence-corrected chi connectivity index (χ1v) is 15.8. The van der Waals surface area contributed by atoms with E-state index in [2.05, 4.69) is 21.1 Å². The Morgan fingerprint density at radius 3 is 2.26 bits per heavy atom. The van der Waals surface area contributed by atoms with Gasteiger partial charge < -0.3 is 20.7 Å². The van der Waals surface area contributed by atoms with E-state index < -0.39 is 17.1 Å². The van der Waals surface area contributed by atoms with Gasteiger partial charge in [0.1, 0.15) is 17.3 Å². The fourth-order valence-electron chi connectivity index (χ4n) is 4.57. The van der Waals surface area contributed by atoms with Crippen molar-refractivity contribution in [1.82, 2.24) is 10.6 Å². The zero-order valence-electron chi connectivity index (χ0n) is 25.8. The second-order valence-electron chi connectivity index (χ2n) is 10.3. The summed E-state index contributed by atoms with van der Waals surface area (Å²) in [4.78, 5) is 52.6. The summed E-state index contributed by atoms with van der Waals surface area (Å²) in [5.41, 5.74) is 2.20. The number of nitrogens with zero attached hydrogens (tertiary/aromatic N) is 2. The molecule has 4 aromatic rings. The van der Waals surface area contributed by atoms with Crippen LogP contribution in [0.25, 0.3) is 6.08 Å². The normalized spacial score (nSPS) is 13.4. The van der Waals surface area contributed by atoms with E-state index >= 15 is 0 Å². The van der Waals surface area contributed by atoms with E-state index in [0.717, 1.165) is 4.90 Å². The number of rotatable bonds is 11. The number of ether oxygens (including phenoxy) is 1. The molecule has 0 aromatic heterocycles. The number of nitrogens with one attached hydrogen (secondary N) is 3. The lowest BCUT2D eigenvalue weighted by Gasteiger charge is -2.14. The Bertz CT molecular complexity index is 1810. The standard InChI is InChI=1S/C36H33N5O5S/c1-3-46-31-17-11-10-14-26(31)22-30(38-35(44)25-12-6-4-7-13-25)36(45)37-27-18-20-29(21-19-27)47-24(2)34(43)39-32-23-33(42)41(40-32)28-15-8-5-9-16-28/h4-22,24H,3,23H2,1-2H3,(H,37,45)(H,38,44)(H,39,40,43)/b30-22-. The van der Waals surface area contributed by atoms with Crippen LogP contribution in [0, 0.1) is 0 Å². The van der Waals surface area contributed by atoms with E-state index in [4.69, 9.17) is 4.74 Å². The third-order valence-electron chi connectivity index (χ3n) is 6.89. The van der Waals surface area contributed by atoms with E-state index in [1.165, 1.54) is 16.8 Å². The maximum Gasteiger partial charge on any atom is 0.272 e. The Kier molecular flexibility index (Phi) is 10.8. The van der Waals surface area contributed by atoms with Crippen LogP contribution in [0.15, 0.2) is 125 Å². The van der Waals surface area contributed by atoms with E-state index in [-0.39, 0.29) is 23.9 Å². The van der Waals surface area contributed by atoms with Crippen LogP contribution in [-0.2, 0) is 14.4 Å². The summed E-state index contributed by atoms with van der Waals surface area (Å²) in [6.45, 7) is 4.07. The summed E-state index contributed by atoms with van der Waals surface area (Å²) in [5, 5.41) is 13.4. The maximum absolute atomic E-state index is 13.5. The minimum atomic E-state index is -0.523. The molecule has 1 heterocycles. The number of hydrogen-bond acceptors (Lipinski definition) is 7. The molecule has 3 N–H and O–H groups in total. The quantitative estimate of drug-likeness (QED) is 0.139. The largest absolute Gasteiger partial charge is 0.493 e. The van der Waals surface area contributed by atoms with Gasteiger partial charge in [0, 0.05) is 21.7 Å². The first kappa shape index (κ1) is 32.7. The third-order valence-corrected chi connectivity index (χ3v) is 8.00. The van der Waals surface area contributed by atoms with Crippen LogP contribution in [-0.4, -0.2) is 41.3 Å². The summed E-state index contributed by atoms with van der Waals surface area (Å²) < 4.78 is 5.71. The molecule has 0 saturated heterocycles. The Hall–Kier alpha value is -5.68. The molecule has 4 amide bonds. The summed E-state index contributed by atoms with van der Waals surface area (Å²) in [6, 6.07) is 31.9. The van der Waals surface area contributed by atoms with Gasteiger partial charge in [0.05, 0.1) is 24.0 Å². The molecule has 1 unspecified atom stereocenters. The van der Waals surface area contributed by atoms with Gasteiger partial charge in [0.2, 0.25) is 5.91 Å². The Morgan fingerprint density at radius 1 is 0.894 bits per heavy atom. The second-order valence-corrected chi connectivity index (χ2v) is 11.8. The lowest BCUT2D eigenvalue weighted by molar-refractivity contribution is -0.119. The molecule has 5 rings (SSSR count). The van der Waals surface area contributed by atoms with Crippen molar-refractivity contribution >= 4 is 58.7 Å². The van der Waals surface area contributed by atoms with Gasteiger partial charge >= 0.3 is 0 Å². The van der Waals surface area contributed by atoms with Gasteiger partial charge in [-0.25, -0.2) is 0 Å². The molecule has 1 aliphatic rings. The monoisotopic (exact) mass is 647 g/mol. The number of thioether (sulfide) groups is 1. The first-order valence-electron chi connectivity index (χ1n) is 14.9. The molecule has 0 saturated carbocycles. The zero-order chi connectivity index (χ0) is 33.2. The fourth-order valence-corrected chi connectivity index (χ4v) is 5.44. The highest BCUT2D eigenvalue weighted by molar-refractivity contribution is 8.00. The molecule has 11 heteroatoms. The highest BCUT2D eigenvalue weighted by Gasteiger charge is 2.27. The number of hydrogen-bond donors (Lipinski definition) is 3. The van der Waals surface area contributed by atoms with E-state index in [0.29, 0.717) is 40.7 Å². The van der Waals surface area contributed by atoms with Crippen LogP contribution in [0.3, 0.4) is 0 Å². The van der Waals surface area contributed by atoms with E-state index in [1.54, 1.807) is 91.9 Å². The molecule has 0 bridgehead atoms. The molecule has 4 aromatic carbocycles. The average Bonchev–Trinajstić information content (AvgIpc) is 3.46. The molecule has 0 aliphatic carbocycles. The van der Waals surface area contributed by atoms with Crippen LogP contribution in [0.4, 0.5) is 11.4 Å². The van der Waals surface area contributed by atoms with Crippen LogP contribution >= 0.6 is 11.8 Å². The van der Waals surface area contributed by atoms with Gasteiger partial charge in [-0.1, -0.05) is 54.6 Å². The lowest BCUT2D eigenvalue weighted by atomic mass is 10.1. The number of anilines is 2. The van der Waals surface area contributed by atoms with Crippen molar-refractivity contribution in [3.05, 3.63) is 126 Å². The number of carbonyl (C=O) groups is 4. The van der Waals surface area contributed by atoms with E-state index in [9.17, 15) is 19.2 Å². The van der Waals surface area contributed by atoms with Crippen molar-refractivity contribution in [1.29, 1.82) is 0 Å². The molecule has 0 radical (unpaired) electrons. The third kappa shape index (κ3) is 8.74. The van der Waals surface area contributed by atoms with Gasteiger partial charge in [0.25, 0.3) is 17.7 Å². The fraction of sp³-hybridized carbons (Fsp3) is 0.139. The minimum Gasteiger partial charge on any atom is -0.493 e. The van der Waals surface area contributed by atoms with Crippen LogP contribution in [0.1, 0.15) is 36.2 Å². The molecule has 47 heavy (non-hydrogen) atoms. The molecular formula is C36H33N5O5S. The number of amidine groups is 1. The Morgan fingerprint density at radius 2 is 1.55 bits per heavy atom. The number of amides is 4. The lowest BCUT2D eigenvalue weighted by Crippen LogP contribution is -2.35. The van der Waals surface area contributed by atoms with E-state index in [1.807, 2.05) is 37.3 Å². The molecule has 0 fully saturated rings. The van der Waals surface area contributed by atoms with Crippen molar-refractivity contribution in [2.75, 3.05) is 16.9 Å². The van der Waals surface area contributed by atoms with Gasteiger partial charge in [-0.2, -0.15) is 10.1 Å². The Labute approximate surface area is 276 Å². The number of para-hydroxylation sites is 2. The summed E-state index contributed by atoms with van der Waals surface area (Å²) in [5.74, 6) is -0.591. The predicted octanol–water partition coefficient (Wildman–Crippen LogP) is 5.84. The molecule has 0 spiro atoms. The van der Waals surface area contributed by atoms with Gasteiger partial charge in [-0.05, 0) is 74.5 Å². The van der Waals surface area contributed by atoms with Gasteiger partial charge in [-0.3, -0.25) is 19.2 Å². The predicted molar refractivity (Wildman–Crippen MR) is 184 cm³/mol. The van der Waals surface area contributed by atoms with Crippen LogP contribution in [0.5, 0.6) is 5.75 Å². The Balaban J connectivity index is 1.23. The molecule has 10 nitrogen and oxygen atoms in total. The summed E-state index contributed by atoms with van der Waals surface area (Å²) >= 11 is 1.32. The highest BCUT2D eigenvalue weighted by atomic mass is 32.2. The van der Waals surface area contributed by atoms with Crippen molar-refractivity contribution in [2.24, 2.45) is 5.10 Å². The van der Waals surface area contributed by atoms with Gasteiger partial charge in [0.15, 0.2) is 0 Å². The molecule has 1 aliphatic heterocycles. The van der Waals surface area contributed by atoms with Crippen LogP contribution in [0.2, 0.25) is 0 Å². The zero-order valence-corrected chi connectivity index (χ0v) is 26.6. The number of carbonyl (C=O) groups excluding carboxylic acids is 4. The smallest absolute Gasteiger partial charge is 0.272 e. The average molecular weight is 648 g/mol. The number of benzene rings is 4. The summed E-state index contributed by atoms with van der Waals surface area (Å²) in [7, 11) is 0. The van der Waals surface area contributed by atoms with Crippen LogP contribution < -0.4 is 25.7 Å². The van der Waals surface area contributed by atoms with Crippen molar-refractivity contribution < 1.29 is 23.9 Å². The van der Waals surface area contributed by atoms with Crippen molar-refractivity contribution in [2.45, 2.75) is 30.4 Å². The summed E-state index contributed by atoms with van der Waals surface area (Å²) in [6.07, 6.45) is 1.58. The second kappa shape index (κ2) is 15.5. The molecule has 1 atom stereocenters. The molecule has 238 valence electrons. The maximum atomic E-state index is 13.5.